The lowest BCUT2D eigenvalue weighted by molar-refractivity contribution is -0.142. The Kier molecular flexibility index (Phi) is 9.69. The van der Waals surface area contributed by atoms with E-state index in [0.717, 1.165) is 22.3 Å². The number of carbonyl (C=O) groups excluding carboxylic acids is 2. The summed E-state index contributed by atoms with van der Waals surface area (Å²) in [4.78, 5) is 28.8. The first-order valence-electron chi connectivity index (χ1n) is 12.6. The van der Waals surface area contributed by atoms with Gasteiger partial charge in [-0.1, -0.05) is 74.5 Å². The summed E-state index contributed by atoms with van der Waals surface area (Å²) in [6.45, 7) is 10.9. The summed E-state index contributed by atoms with van der Waals surface area (Å²) in [5, 5.41) is 3.05. The van der Waals surface area contributed by atoms with Crippen molar-refractivity contribution in [2.45, 2.75) is 53.6 Å². The third kappa shape index (κ3) is 7.70. The van der Waals surface area contributed by atoms with Crippen LogP contribution in [0.2, 0.25) is 0 Å². The molecule has 3 aromatic rings. The van der Waals surface area contributed by atoms with Crippen molar-refractivity contribution < 1.29 is 14.3 Å². The molecule has 0 radical (unpaired) electrons. The van der Waals surface area contributed by atoms with Crippen LogP contribution >= 0.6 is 0 Å². The first-order chi connectivity index (χ1) is 17.2. The summed E-state index contributed by atoms with van der Waals surface area (Å²) in [6.07, 6.45) is 0.423. The Morgan fingerprint density at radius 3 is 2.22 bits per heavy atom. The van der Waals surface area contributed by atoms with Crippen molar-refractivity contribution in [2.24, 2.45) is 5.92 Å². The normalized spacial score (nSPS) is 11.7. The Morgan fingerprint density at radius 1 is 0.861 bits per heavy atom. The van der Waals surface area contributed by atoms with Gasteiger partial charge in [-0.3, -0.25) is 9.59 Å². The van der Waals surface area contributed by atoms with E-state index >= 15 is 0 Å². The van der Waals surface area contributed by atoms with Gasteiger partial charge in [-0.25, -0.2) is 0 Å². The molecule has 1 unspecified atom stereocenters. The van der Waals surface area contributed by atoms with E-state index < -0.39 is 6.04 Å². The number of hydrogen-bond acceptors (Lipinski definition) is 3. The van der Waals surface area contributed by atoms with Gasteiger partial charge in [-0.05, 0) is 66.6 Å². The van der Waals surface area contributed by atoms with E-state index in [0.29, 0.717) is 31.2 Å². The standard InChI is InChI=1S/C31H38N2O3/c1-22(2)19-32-31(35)29(18-26-12-7-6-8-13-26)33(20-27-14-10-9-11-24(27)4)30(34)21-36-28-16-15-23(3)25(5)17-28/h6-17,22,29H,18-21H2,1-5H3,(H,32,35). The molecule has 3 rings (SSSR count). The van der Waals surface area contributed by atoms with E-state index in [1.165, 1.54) is 5.56 Å². The van der Waals surface area contributed by atoms with Gasteiger partial charge in [0.25, 0.3) is 5.91 Å². The van der Waals surface area contributed by atoms with E-state index in [4.69, 9.17) is 4.74 Å². The first-order valence-corrected chi connectivity index (χ1v) is 12.6. The number of amides is 2. The monoisotopic (exact) mass is 486 g/mol. The summed E-state index contributed by atoms with van der Waals surface area (Å²) in [5.41, 5.74) is 5.35. The molecule has 0 saturated carbocycles. The molecule has 0 aromatic heterocycles. The van der Waals surface area contributed by atoms with Gasteiger partial charge in [0.15, 0.2) is 6.61 Å². The molecule has 0 aliphatic carbocycles. The molecule has 1 atom stereocenters. The summed E-state index contributed by atoms with van der Waals surface area (Å²) >= 11 is 0. The molecule has 190 valence electrons. The van der Waals surface area contributed by atoms with Crippen LogP contribution in [0.15, 0.2) is 72.8 Å². The highest BCUT2D eigenvalue weighted by molar-refractivity contribution is 5.88. The molecule has 0 aliphatic heterocycles. The third-order valence-corrected chi connectivity index (χ3v) is 6.40. The average molecular weight is 487 g/mol. The van der Waals surface area contributed by atoms with Crippen molar-refractivity contribution in [3.63, 3.8) is 0 Å². The maximum Gasteiger partial charge on any atom is 0.261 e. The second kappa shape index (κ2) is 12.9. The van der Waals surface area contributed by atoms with Crippen LogP contribution in [-0.2, 0) is 22.6 Å². The number of nitrogens with zero attached hydrogens (tertiary/aromatic N) is 1. The summed E-state index contributed by atoms with van der Waals surface area (Å²) < 4.78 is 5.91. The second-order valence-corrected chi connectivity index (χ2v) is 9.83. The Balaban J connectivity index is 1.91. The van der Waals surface area contributed by atoms with Gasteiger partial charge in [0.2, 0.25) is 5.91 Å². The minimum absolute atomic E-state index is 0.142. The van der Waals surface area contributed by atoms with Crippen LogP contribution < -0.4 is 10.1 Å². The van der Waals surface area contributed by atoms with Gasteiger partial charge >= 0.3 is 0 Å². The fourth-order valence-corrected chi connectivity index (χ4v) is 3.98. The van der Waals surface area contributed by atoms with Crippen LogP contribution in [0, 0.1) is 26.7 Å². The van der Waals surface area contributed by atoms with Gasteiger partial charge in [-0.2, -0.15) is 0 Å². The van der Waals surface area contributed by atoms with Gasteiger partial charge < -0.3 is 15.0 Å². The van der Waals surface area contributed by atoms with Gasteiger partial charge in [0.05, 0.1) is 0 Å². The maximum atomic E-state index is 13.7. The number of ether oxygens (including phenoxy) is 1. The predicted molar refractivity (Wildman–Crippen MR) is 145 cm³/mol. The zero-order valence-corrected chi connectivity index (χ0v) is 22.1. The molecule has 0 aliphatic rings. The largest absolute Gasteiger partial charge is 0.484 e. The highest BCUT2D eigenvalue weighted by Gasteiger charge is 2.31. The smallest absolute Gasteiger partial charge is 0.261 e. The quantitative estimate of drug-likeness (QED) is 0.395. The number of hydrogen-bond donors (Lipinski definition) is 1. The third-order valence-electron chi connectivity index (χ3n) is 6.40. The summed E-state index contributed by atoms with van der Waals surface area (Å²) in [6, 6.07) is 22.9. The molecule has 36 heavy (non-hydrogen) atoms. The lowest BCUT2D eigenvalue weighted by Gasteiger charge is -2.32. The molecule has 0 bridgehead atoms. The van der Waals surface area contributed by atoms with Gasteiger partial charge in [0.1, 0.15) is 11.8 Å². The zero-order chi connectivity index (χ0) is 26.1. The van der Waals surface area contributed by atoms with Crippen molar-refractivity contribution in [3.05, 3.63) is 101 Å². The Bertz CT molecular complexity index is 1160. The molecule has 3 aromatic carbocycles. The fraction of sp³-hybridized carbons (Fsp3) is 0.355. The van der Waals surface area contributed by atoms with E-state index in [-0.39, 0.29) is 18.4 Å². The van der Waals surface area contributed by atoms with E-state index in [9.17, 15) is 9.59 Å². The Hall–Kier alpha value is -3.60. The number of carbonyl (C=O) groups is 2. The van der Waals surface area contributed by atoms with Crippen molar-refractivity contribution in [3.8, 4) is 5.75 Å². The van der Waals surface area contributed by atoms with E-state index in [2.05, 4.69) is 19.2 Å². The zero-order valence-electron chi connectivity index (χ0n) is 22.1. The minimum Gasteiger partial charge on any atom is -0.484 e. The summed E-state index contributed by atoms with van der Waals surface area (Å²) in [5.74, 6) is 0.573. The number of rotatable bonds is 11. The highest BCUT2D eigenvalue weighted by atomic mass is 16.5. The number of aryl methyl sites for hydroxylation is 3. The first kappa shape index (κ1) is 27.0. The lowest BCUT2D eigenvalue weighted by Crippen LogP contribution is -2.52. The van der Waals surface area contributed by atoms with Crippen LogP contribution in [0.4, 0.5) is 0 Å². The van der Waals surface area contributed by atoms with Crippen LogP contribution in [0.3, 0.4) is 0 Å². The molecule has 1 N–H and O–H groups in total. The van der Waals surface area contributed by atoms with Crippen molar-refractivity contribution in [1.29, 1.82) is 0 Å². The Morgan fingerprint density at radius 2 is 1.56 bits per heavy atom. The summed E-state index contributed by atoms with van der Waals surface area (Å²) in [7, 11) is 0. The fourth-order valence-electron chi connectivity index (χ4n) is 3.98. The van der Waals surface area contributed by atoms with E-state index in [1.54, 1.807) is 4.90 Å². The highest BCUT2D eigenvalue weighted by Crippen LogP contribution is 2.19. The molecule has 5 nitrogen and oxygen atoms in total. The Labute approximate surface area is 215 Å². The van der Waals surface area contributed by atoms with Gasteiger partial charge in [0, 0.05) is 19.5 Å². The average Bonchev–Trinajstić information content (AvgIpc) is 2.86. The lowest BCUT2D eigenvalue weighted by atomic mass is 10.0. The molecule has 5 heteroatoms. The molecule has 0 saturated heterocycles. The molecule has 0 fully saturated rings. The molecule has 2 amide bonds. The molecule has 0 spiro atoms. The predicted octanol–water partition coefficient (Wildman–Crippen LogP) is 5.40. The SMILES string of the molecule is Cc1ccc(OCC(=O)N(Cc2ccccc2C)C(Cc2ccccc2)C(=O)NCC(C)C)cc1C. The number of nitrogens with one attached hydrogen (secondary N) is 1. The van der Waals surface area contributed by atoms with E-state index in [1.807, 2.05) is 93.6 Å². The van der Waals surface area contributed by atoms with Crippen LogP contribution in [0.1, 0.15) is 41.7 Å². The molecule has 0 heterocycles. The second-order valence-electron chi connectivity index (χ2n) is 9.83. The van der Waals surface area contributed by atoms with Crippen LogP contribution in [0.25, 0.3) is 0 Å². The van der Waals surface area contributed by atoms with Crippen LogP contribution in [-0.4, -0.2) is 35.9 Å². The van der Waals surface area contributed by atoms with Crippen molar-refractivity contribution in [1.82, 2.24) is 10.2 Å². The molecular weight excluding hydrogens is 448 g/mol. The van der Waals surface area contributed by atoms with Crippen LogP contribution in [0.5, 0.6) is 5.75 Å². The topological polar surface area (TPSA) is 58.6 Å². The number of benzene rings is 3. The molecular formula is C31H38N2O3. The van der Waals surface area contributed by atoms with Crippen molar-refractivity contribution >= 4 is 11.8 Å². The van der Waals surface area contributed by atoms with Gasteiger partial charge in [-0.15, -0.1) is 0 Å². The van der Waals surface area contributed by atoms with Crippen molar-refractivity contribution in [2.75, 3.05) is 13.2 Å². The minimum atomic E-state index is -0.665. The maximum absolute atomic E-state index is 13.7.